The second-order valence-electron chi connectivity index (χ2n) is 3.84. The maximum absolute atomic E-state index is 10.8. The van der Waals surface area contributed by atoms with Gasteiger partial charge in [-0.2, -0.15) is 0 Å². The molecule has 0 heterocycles. The topological polar surface area (TPSA) is 52.4 Å². The lowest BCUT2D eigenvalue weighted by Crippen LogP contribution is -1.92. The fourth-order valence-electron chi connectivity index (χ4n) is 1.55. The standard InChI is InChI=1S/C13H8BrCl2NO3/c14-13-11(17(18)19)2-1-3-12(13)20-9-5-4-8(7-15)10(16)6-9/h1-6H,7H2. The van der Waals surface area contributed by atoms with Gasteiger partial charge in [0.15, 0.2) is 0 Å². The summed E-state index contributed by atoms with van der Waals surface area (Å²) in [5.74, 6) is 1.12. The molecule has 0 aromatic heterocycles. The van der Waals surface area contributed by atoms with Crippen LogP contribution < -0.4 is 4.74 Å². The van der Waals surface area contributed by atoms with E-state index in [-0.39, 0.29) is 10.2 Å². The van der Waals surface area contributed by atoms with Crippen LogP contribution in [0.5, 0.6) is 11.5 Å². The highest BCUT2D eigenvalue weighted by Gasteiger charge is 2.16. The number of hydrogen-bond acceptors (Lipinski definition) is 3. The molecule has 0 aliphatic heterocycles. The minimum Gasteiger partial charge on any atom is -0.456 e. The molecule has 0 unspecified atom stereocenters. The Labute approximate surface area is 133 Å². The normalized spacial score (nSPS) is 10.3. The van der Waals surface area contributed by atoms with E-state index >= 15 is 0 Å². The van der Waals surface area contributed by atoms with E-state index in [1.165, 1.54) is 6.07 Å². The number of hydrogen-bond donors (Lipinski definition) is 0. The molecule has 0 bridgehead atoms. The smallest absolute Gasteiger partial charge is 0.287 e. The average Bonchev–Trinajstić information content (AvgIpc) is 2.41. The van der Waals surface area contributed by atoms with Gasteiger partial charge in [-0.15, -0.1) is 11.6 Å². The third kappa shape index (κ3) is 3.23. The van der Waals surface area contributed by atoms with Gasteiger partial charge in [-0.3, -0.25) is 10.1 Å². The molecule has 0 aliphatic rings. The van der Waals surface area contributed by atoms with Gasteiger partial charge < -0.3 is 4.74 Å². The van der Waals surface area contributed by atoms with E-state index in [0.717, 1.165) is 5.56 Å². The van der Waals surface area contributed by atoms with Crippen molar-refractivity contribution < 1.29 is 9.66 Å². The van der Waals surface area contributed by atoms with Gasteiger partial charge in [0.2, 0.25) is 0 Å². The summed E-state index contributed by atoms with van der Waals surface area (Å²) in [7, 11) is 0. The highest BCUT2D eigenvalue weighted by molar-refractivity contribution is 9.10. The Kier molecular flexibility index (Phi) is 4.86. The van der Waals surface area contributed by atoms with Crippen molar-refractivity contribution in [2.24, 2.45) is 0 Å². The van der Waals surface area contributed by atoms with Crippen molar-refractivity contribution in [2.45, 2.75) is 5.88 Å². The van der Waals surface area contributed by atoms with Crippen molar-refractivity contribution in [1.82, 2.24) is 0 Å². The Morgan fingerprint density at radius 3 is 2.65 bits per heavy atom. The molecule has 2 rings (SSSR count). The third-order valence-corrected chi connectivity index (χ3v) is 3.97. The van der Waals surface area contributed by atoms with Crippen molar-refractivity contribution in [1.29, 1.82) is 0 Å². The number of ether oxygens (including phenoxy) is 1. The SMILES string of the molecule is O=[N+]([O-])c1cccc(Oc2ccc(CCl)c(Cl)c2)c1Br. The first kappa shape index (κ1) is 15.1. The molecule has 0 N–H and O–H groups in total. The summed E-state index contributed by atoms with van der Waals surface area (Å²) in [6.45, 7) is 0. The molecule has 4 nitrogen and oxygen atoms in total. The minimum absolute atomic E-state index is 0.0639. The Hall–Kier alpha value is -1.30. The summed E-state index contributed by atoms with van der Waals surface area (Å²) in [6.07, 6.45) is 0. The maximum atomic E-state index is 10.8. The molecule has 0 fully saturated rings. The van der Waals surface area contributed by atoms with Crippen LogP contribution >= 0.6 is 39.1 Å². The fourth-order valence-corrected chi connectivity index (χ4v) is 2.57. The number of alkyl halides is 1. The van der Waals surface area contributed by atoms with Crippen molar-refractivity contribution in [3.8, 4) is 11.5 Å². The van der Waals surface area contributed by atoms with Gasteiger partial charge in [-0.1, -0.05) is 23.7 Å². The molecule has 104 valence electrons. The molecular weight excluding hydrogens is 369 g/mol. The quantitative estimate of drug-likeness (QED) is 0.399. The largest absolute Gasteiger partial charge is 0.456 e. The number of nitro groups is 1. The first-order valence-electron chi connectivity index (χ1n) is 5.48. The van der Waals surface area contributed by atoms with Crippen LogP contribution in [-0.4, -0.2) is 4.92 Å². The predicted molar refractivity (Wildman–Crippen MR) is 81.9 cm³/mol. The molecule has 0 spiro atoms. The van der Waals surface area contributed by atoms with Crippen LogP contribution in [0.25, 0.3) is 0 Å². The van der Waals surface area contributed by atoms with Gasteiger partial charge >= 0.3 is 0 Å². The van der Waals surface area contributed by atoms with Gasteiger partial charge in [-0.05, 0) is 39.7 Å². The summed E-state index contributed by atoms with van der Waals surface area (Å²) in [5.41, 5.74) is 0.727. The highest BCUT2D eigenvalue weighted by atomic mass is 79.9. The van der Waals surface area contributed by atoms with Crippen LogP contribution in [0.15, 0.2) is 40.9 Å². The van der Waals surface area contributed by atoms with Crippen LogP contribution in [0.2, 0.25) is 5.02 Å². The van der Waals surface area contributed by atoms with Crippen molar-refractivity contribution >= 4 is 44.8 Å². The number of halogens is 3. The van der Waals surface area contributed by atoms with E-state index in [9.17, 15) is 10.1 Å². The summed E-state index contributed by atoms with van der Waals surface area (Å²) < 4.78 is 5.88. The van der Waals surface area contributed by atoms with Crippen LogP contribution in [-0.2, 0) is 5.88 Å². The van der Waals surface area contributed by atoms with Gasteiger partial charge in [-0.25, -0.2) is 0 Å². The second-order valence-corrected chi connectivity index (χ2v) is 5.30. The molecule has 7 heteroatoms. The van der Waals surface area contributed by atoms with E-state index < -0.39 is 4.92 Å². The molecule has 0 amide bonds. The lowest BCUT2D eigenvalue weighted by atomic mass is 10.2. The number of rotatable bonds is 4. The summed E-state index contributed by atoms with van der Waals surface area (Å²) in [4.78, 5) is 10.4. The monoisotopic (exact) mass is 375 g/mol. The maximum Gasteiger partial charge on any atom is 0.287 e. The fraction of sp³-hybridized carbons (Fsp3) is 0.0769. The Morgan fingerprint density at radius 2 is 2.05 bits per heavy atom. The first-order chi connectivity index (χ1) is 9.52. The number of nitro benzene ring substituents is 1. The number of nitrogens with zero attached hydrogens (tertiary/aromatic N) is 1. The molecular formula is C13H8BrCl2NO3. The van der Waals surface area contributed by atoms with E-state index in [2.05, 4.69) is 15.9 Å². The minimum atomic E-state index is -0.486. The molecule has 2 aromatic carbocycles. The molecule has 2 aromatic rings. The van der Waals surface area contributed by atoms with Crippen molar-refractivity contribution in [3.63, 3.8) is 0 Å². The Morgan fingerprint density at radius 1 is 1.30 bits per heavy atom. The lowest BCUT2D eigenvalue weighted by molar-refractivity contribution is -0.385. The van der Waals surface area contributed by atoms with Gasteiger partial charge in [0.05, 0.1) is 4.92 Å². The van der Waals surface area contributed by atoms with Crippen molar-refractivity contribution in [3.05, 3.63) is 61.6 Å². The van der Waals surface area contributed by atoms with Crippen LogP contribution in [0, 0.1) is 10.1 Å². The van der Waals surface area contributed by atoms with Crippen LogP contribution in [0.1, 0.15) is 5.56 Å². The summed E-state index contributed by atoms with van der Waals surface area (Å²) in [5, 5.41) is 11.3. The molecule has 0 saturated carbocycles. The summed E-state index contributed by atoms with van der Waals surface area (Å²) >= 11 is 14.9. The van der Waals surface area contributed by atoms with E-state index in [1.807, 2.05) is 0 Å². The molecule has 0 aliphatic carbocycles. The molecule has 0 saturated heterocycles. The third-order valence-electron chi connectivity index (χ3n) is 2.54. The average molecular weight is 377 g/mol. The second kappa shape index (κ2) is 6.43. The van der Waals surface area contributed by atoms with E-state index in [1.54, 1.807) is 30.3 Å². The predicted octanol–water partition coefficient (Wildman–Crippen LogP) is 5.54. The van der Waals surface area contributed by atoms with Crippen molar-refractivity contribution in [2.75, 3.05) is 0 Å². The van der Waals surface area contributed by atoms with Gasteiger partial charge in [0.25, 0.3) is 5.69 Å². The molecule has 0 atom stereocenters. The van der Waals surface area contributed by atoms with E-state index in [4.69, 9.17) is 27.9 Å². The number of benzene rings is 2. The lowest BCUT2D eigenvalue weighted by Gasteiger charge is -2.09. The highest BCUT2D eigenvalue weighted by Crippen LogP contribution is 2.37. The van der Waals surface area contributed by atoms with Crippen LogP contribution in [0.4, 0.5) is 5.69 Å². The summed E-state index contributed by atoms with van der Waals surface area (Å²) in [6, 6.07) is 9.63. The first-order valence-corrected chi connectivity index (χ1v) is 7.18. The molecule has 20 heavy (non-hydrogen) atoms. The Balaban J connectivity index is 2.33. The van der Waals surface area contributed by atoms with E-state index in [0.29, 0.717) is 22.4 Å². The van der Waals surface area contributed by atoms with Gasteiger partial charge in [0, 0.05) is 17.0 Å². The van der Waals surface area contributed by atoms with Gasteiger partial charge in [0.1, 0.15) is 16.0 Å². The van der Waals surface area contributed by atoms with Crippen LogP contribution in [0.3, 0.4) is 0 Å². The zero-order chi connectivity index (χ0) is 14.7. The molecule has 0 radical (unpaired) electrons. The zero-order valence-electron chi connectivity index (χ0n) is 9.98. The zero-order valence-corrected chi connectivity index (χ0v) is 13.1. The Bertz CT molecular complexity index is 664.